The van der Waals surface area contributed by atoms with E-state index in [1.807, 2.05) is 38.2 Å². The molecule has 3 fully saturated rings. The number of nitrogens with zero attached hydrogens (tertiary/aromatic N) is 2. The maximum atomic E-state index is 12.2. The van der Waals surface area contributed by atoms with Crippen LogP contribution in [0.25, 0.3) is 0 Å². The van der Waals surface area contributed by atoms with Crippen LogP contribution in [0.4, 0.5) is 4.79 Å². The number of ether oxygens (including phenoxy) is 2. The standard InChI is InChI=1S/C14H23NO4.C10H14N2O2/c1-6-7-10-8-9-11(12(16)18-5)15(10)13(17)19-14(2,3)4;1-2-3-7-4-5-8-10(14)11-6-9(13)12(7)8/h6-7,10-11H,8-9H2,1-5H3;2-3,7-8H,4-6H2,1H3,(H,11,14)/t10-,11+;7-,8+/m11/s1. The normalized spacial score (nSPS) is 27.3. The topological polar surface area (TPSA) is 105 Å². The Morgan fingerprint density at radius 3 is 2.18 bits per heavy atom. The molecule has 0 radical (unpaired) electrons. The Labute approximate surface area is 196 Å². The molecule has 184 valence electrons. The van der Waals surface area contributed by atoms with Crippen molar-refractivity contribution in [1.82, 2.24) is 15.1 Å². The average Bonchev–Trinajstić information content (AvgIpc) is 3.35. The van der Waals surface area contributed by atoms with Crippen LogP contribution < -0.4 is 5.32 Å². The number of piperazine rings is 1. The lowest BCUT2D eigenvalue weighted by atomic mass is 10.2. The molecule has 3 heterocycles. The van der Waals surface area contributed by atoms with Crippen molar-refractivity contribution in [3.05, 3.63) is 24.3 Å². The first kappa shape index (κ1) is 26.4. The van der Waals surface area contributed by atoms with E-state index in [1.165, 1.54) is 12.0 Å². The zero-order valence-corrected chi connectivity index (χ0v) is 20.5. The fourth-order valence-electron chi connectivity index (χ4n) is 4.43. The summed E-state index contributed by atoms with van der Waals surface area (Å²) >= 11 is 0. The molecular formula is C24H37N3O6. The summed E-state index contributed by atoms with van der Waals surface area (Å²) in [5.74, 6) is -0.357. The van der Waals surface area contributed by atoms with E-state index in [1.54, 1.807) is 25.7 Å². The highest BCUT2D eigenvalue weighted by molar-refractivity contribution is 5.95. The molecule has 0 aromatic heterocycles. The summed E-state index contributed by atoms with van der Waals surface area (Å²) in [4.78, 5) is 50.2. The predicted molar refractivity (Wildman–Crippen MR) is 123 cm³/mol. The highest BCUT2D eigenvalue weighted by Gasteiger charge is 2.43. The maximum absolute atomic E-state index is 12.2. The Balaban J connectivity index is 0.000000243. The van der Waals surface area contributed by atoms with Crippen LogP contribution in [0.5, 0.6) is 0 Å². The van der Waals surface area contributed by atoms with Crippen molar-refractivity contribution >= 4 is 23.9 Å². The minimum atomic E-state index is -0.583. The smallest absolute Gasteiger partial charge is 0.411 e. The SMILES string of the molecule is CC=C[C@@H]1CC[C@@H](C(=O)OC)N1C(=O)OC(C)(C)C.CC=C[C@@H]1CC[C@H]2C(=O)NCC(=O)N12. The van der Waals surface area contributed by atoms with E-state index in [2.05, 4.69) is 5.32 Å². The lowest BCUT2D eigenvalue weighted by Crippen LogP contribution is -2.57. The summed E-state index contributed by atoms with van der Waals surface area (Å²) in [7, 11) is 1.33. The van der Waals surface area contributed by atoms with Gasteiger partial charge in [-0.05, 0) is 60.3 Å². The summed E-state index contributed by atoms with van der Waals surface area (Å²) in [5.41, 5.74) is -0.583. The van der Waals surface area contributed by atoms with Gasteiger partial charge in [-0.1, -0.05) is 24.3 Å². The van der Waals surface area contributed by atoms with Crippen LogP contribution in [0.1, 0.15) is 60.3 Å². The van der Waals surface area contributed by atoms with Gasteiger partial charge in [0.25, 0.3) is 0 Å². The Morgan fingerprint density at radius 2 is 1.61 bits per heavy atom. The van der Waals surface area contributed by atoms with Gasteiger partial charge in [0.15, 0.2) is 0 Å². The number of carbonyl (C=O) groups is 4. The molecule has 0 aromatic rings. The Kier molecular flexibility index (Phi) is 9.07. The molecule has 0 bridgehead atoms. The number of esters is 1. The first-order valence-electron chi connectivity index (χ1n) is 11.5. The zero-order valence-electron chi connectivity index (χ0n) is 20.5. The molecule has 9 nitrogen and oxygen atoms in total. The summed E-state index contributed by atoms with van der Waals surface area (Å²) in [6.45, 7) is 9.39. The molecule has 3 rings (SSSR count). The van der Waals surface area contributed by atoms with Gasteiger partial charge in [0.2, 0.25) is 11.8 Å². The van der Waals surface area contributed by atoms with Crippen molar-refractivity contribution < 1.29 is 28.7 Å². The van der Waals surface area contributed by atoms with Gasteiger partial charge in [0.05, 0.1) is 25.7 Å². The molecular weight excluding hydrogens is 426 g/mol. The second kappa shape index (κ2) is 11.3. The van der Waals surface area contributed by atoms with Crippen molar-refractivity contribution in [3.63, 3.8) is 0 Å². The summed E-state index contributed by atoms with van der Waals surface area (Å²) in [6.07, 6.45) is 10.3. The third-order valence-corrected chi connectivity index (χ3v) is 5.77. The van der Waals surface area contributed by atoms with Crippen molar-refractivity contribution in [2.75, 3.05) is 13.7 Å². The maximum Gasteiger partial charge on any atom is 0.411 e. The quantitative estimate of drug-likeness (QED) is 0.509. The molecule has 3 saturated heterocycles. The Hall–Kier alpha value is -2.84. The molecule has 0 saturated carbocycles. The molecule has 4 atom stereocenters. The van der Waals surface area contributed by atoms with Gasteiger partial charge < -0.3 is 19.7 Å². The Morgan fingerprint density at radius 1 is 1.00 bits per heavy atom. The third-order valence-electron chi connectivity index (χ3n) is 5.77. The average molecular weight is 464 g/mol. The number of allylic oxidation sites excluding steroid dienone is 2. The van der Waals surface area contributed by atoms with Gasteiger partial charge in [-0.3, -0.25) is 14.5 Å². The lowest BCUT2D eigenvalue weighted by molar-refractivity contribution is -0.146. The number of rotatable bonds is 3. The van der Waals surface area contributed by atoms with Crippen LogP contribution in [0.15, 0.2) is 24.3 Å². The van der Waals surface area contributed by atoms with E-state index in [9.17, 15) is 19.2 Å². The molecule has 9 heteroatoms. The van der Waals surface area contributed by atoms with Gasteiger partial charge in [-0.15, -0.1) is 0 Å². The summed E-state index contributed by atoms with van der Waals surface area (Å²) in [5, 5.41) is 2.61. The predicted octanol–water partition coefficient (Wildman–Crippen LogP) is 2.56. The zero-order chi connectivity index (χ0) is 24.8. The van der Waals surface area contributed by atoms with E-state index < -0.39 is 23.7 Å². The van der Waals surface area contributed by atoms with E-state index in [0.29, 0.717) is 6.42 Å². The van der Waals surface area contributed by atoms with Crippen LogP contribution >= 0.6 is 0 Å². The number of nitrogens with one attached hydrogen (secondary N) is 1. The molecule has 33 heavy (non-hydrogen) atoms. The molecule has 0 aromatic carbocycles. The van der Waals surface area contributed by atoms with Crippen molar-refractivity contribution in [1.29, 1.82) is 0 Å². The molecule has 0 unspecified atom stereocenters. The number of hydrogen-bond donors (Lipinski definition) is 1. The molecule has 3 amide bonds. The van der Waals surface area contributed by atoms with E-state index in [4.69, 9.17) is 9.47 Å². The van der Waals surface area contributed by atoms with Crippen LogP contribution in [-0.2, 0) is 23.9 Å². The molecule has 0 aliphatic carbocycles. The highest BCUT2D eigenvalue weighted by atomic mass is 16.6. The second-order valence-corrected chi connectivity index (χ2v) is 9.30. The molecule has 1 N–H and O–H groups in total. The molecule has 3 aliphatic heterocycles. The van der Waals surface area contributed by atoms with E-state index in [0.717, 1.165) is 19.3 Å². The van der Waals surface area contributed by atoms with Crippen LogP contribution in [0.2, 0.25) is 0 Å². The number of amides is 3. The van der Waals surface area contributed by atoms with Crippen LogP contribution in [0.3, 0.4) is 0 Å². The first-order chi connectivity index (χ1) is 15.5. The number of carbonyl (C=O) groups excluding carboxylic acids is 4. The minimum Gasteiger partial charge on any atom is -0.467 e. The van der Waals surface area contributed by atoms with Gasteiger partial charge in [-0.25, -0.2) is 9.59 Å². The van der Waals surface area contributed by atoms with E-state index >= 15 is 0 Å². The van der Waals surface area contributed by atoms with Gasteiger partial charge in [0.1, 0.15) is 17.7 Å². The summed E-state index contributed by atoms with van der Waals surface area (Å²) < 4.78 is 10.1. The molecule has 0 spiro atoms. The van der Waals surface area contributed by atoms with Crippen molar-refractivity contribution in [3.8, 4) is 0 Å². The van der Waals surface area contributed by atoms with Gasteiger partial charge in [0, 0.05) is 0 Å². The van der Waals surface area contributed by atoms with Crippen molar-refractivity contribution in [2.45, 2.75) is 90.1 Å². The van der Waals surface area contributed by atoms with Crippen molar-refractivity contribution in [2.24, 2.45) is 0 Å². The largest absolute Gasteiger partial charge is 0.467 e. The number of likely N-dealkylation sites (tertiary alicyclic amines) is 1. The minimum absolute atomic E-state index is 0.00315. The van der Waals surface area contributed by atoms with Gasteiger partial charge >= 0.3 is 12.1 Å². The number of fused-ring (bicyclic) bond motifs is 1. The van der Waals surface area contributed by atoms with Gasteiger partial charge in [-0.2, -0.15) is 0 Å². The van der Waals surface area contributed by atoms with Crippen LogP contribution in [-0.4, -0.2) is 77.1 Å². The highest BCUT2D eigenvalue weighted by Crippen LogP contribution is 2.28. The first-order valence-corrected chi connectivity index (χ1v) is 11.5. The fourth-order valence-corrected chi connectivity index (χ4v) is 4.43. The monoisotopic (exact) mass is 463 g/mol. The van der Waals surface area contributed by atoms with E-state index in [-0.39, 0.29) is 36.5 Å². The number of hydrogen-bond acceptors (Lipinski definition) is 6. The molecule has 3 aliphatic rings. The fraction of sp³-hybridized carbons (Fsp3) is 0.667. The summed E-state index contributed by atoms with van der Waals surface area (Å²) in [6, 6.07) is -0.758. The Bertz CT molecular complexity index is 801. The third kappa shape index (κ3) is 6.58. The van der Waals surface area contributed by atoms with Crippen LogP contribution in [0, 0.1) is 0 Å². The number of methoxy groups -OCH3 is 1. The second-order valence-electron chi connectivity index (χ2n) is 9.30. The lowest BCUT2D eigenvalue weighted by Gasteiger charge is -2.32.